The average Bonchev–Trinajstić information content (AvgIpc) is 2.75. The standard InChI is InChI=1S/C13H16FN3/c1-9(2)15-7-10-8-16-17-13(10)11-5-3-4-6-12(11)14/h3-6,8-9,15H,7H2,1-2H3,(H,16,17). The molecule has 0 saturated carbocycles. The van der Waals surface area contributed by atoms with E-state index in [9.17, 15) is 4.39 Å². The number of nitrogens with zero attached hydrogens (tertiary/aromatic N) is 1. The molecule has 0 fully saturated rings. The molecule has 0 atom stereocenters. The topological polar surface area (TPSA) is 40.7 Å². The zero-order chi connectivity index (χ0) is 12.3. The number of benzene rings is 1. The van der Waals surface area contributed by atoms with Gasteiger partial charge in [-0.15, -0.1) is 0 Å². The van der Waals surface area contributed by atoms with Gasteiger partial charge in [0.2, 0.25) is 0 Å². The lowest BCUT2D eigenvalue weighted by atomic mass is 10.1. The summed E-state index contributed by atoms with van der Waals surface area (Å²) in [6, 6.07) is 7.09. The molecule has 0 amide bonds. The molecule has 2 rings (SSSR count). The minimum atomic E-state index is -0.234. The largest absolute Gasteiger partial charge is 0.310 e. The summed E-state index contributed by atoms with van der Waals surface area (Å²) in [5.41, 5.74) is 2.28. The van der Waals surface area contributed by atoms with Gasteiger partial charge < -0.3 is 5.32 Å². The van der Waals surface area contributed by atoms with E-state index < -0.39 is 0 Å². The van der Waals surface area contributed by atoms with E-state index in [0.717, 1.165) is 11.3 Å². The molecular formula is C13H16FN3. The van der Waals surface area contributed by atoms with Crippen molar-refractivity contribution in [1.29, 1.82) is 0 Å². The van der Waals surface area contributed by atoms with E-state index in [1.807, 2.05) is 6.07 Å². The molecule has 0 saturated heterocycles. The van der Waals surface area contributed by atoms with E-state index in [-0.39, 0.29) is 5.82 Å². The number of rotatable bonds is 4. The average molecular weight is 233 g/mol. The van der Waals surface area contributed by atoms with E-state index in [1.165, 1.54) is 6.07 Å². The fourth-order valence-corrected chi connectivity index (χ4v) is 1.66. The maximum absolute atomic E-state index is 13.7. The summed E-state index contributed by atoms with van der Waals surface area (Å²) in [6.07, 6.45) is 1.73. The molecule has 3 nitrogen and oxygen atoms in total. The highest BCUT2D eigenvalue weighted by atomic mass is 19.1. The second-order valence-corrected chi connectivity index (χ2v) is 4.29. The number of nitrogens with one attached hydrogen (secondary N) is 2. The molecule has 2 N–H and O–H groups in total. The minimum Gasteiger partial charge on any atom is -0.310 e. The van der Waals surface area contributed by atoms with Gasteiger partial charge in [-0.1, -0.05) is 26.0 Å². The molecule has 0 bridgehead atoms. The van der Waals surface area contributed by atoms with Crippen molar-refractivity contribution in [3.8, 4) is 11.3 Å². The SMILES string of the molecule is CC(C)NCc1cn[nH]c1-c1ccccc1F. The molecule has 0 spiro atoms. The fourth-order valence-electron chi connectivity index (χ4n) is 1.66. The van der Waals surface area contributed by atoms with Gasteiger partial charge in [0.05, 0.1) is 11.9 Å². The van der Waals surface area contributed by atoms with Crippen molar-refractivity contribution in [3.05, 3.63) is 41.8 Å². The molecule has 0 aliphatic heterocycles. The Morgan fingerprint density at radius 3 is 2.82 bits per heavy atom. The quantitative estimate of drug-likeness (QED) is 0.852. The molecule has 0 aliphatic rings. The Kier molecular flexibility index (Phi) is 3.54. The van der Waals surface area contributed by atoms with Crippen LogP contribution in [0.5, 0.6) is 0 Å². The Labute approximate surface area is 100 Å². The Hall–Kier alpha value is -1.68. The van der Waals surface area contributed by atoms with Crippen LogP contribution >= 0.6 is 0 Å². The Morgan fingerprint density at radius 1 is 1.35 bits per heavy atom. The summed E-state index contributed by atoms with van der Waals surface area (Å²) in [5.74, 6) is -0.234. The van der Waals surface area contributed by atoms with Crippen LogP contribution in [0.25, 0.3) is 11.3 Å². The first-order valence-corrected chi connectivity index (χ1v) is 5.69. The predicted molar refractivity (Wildman–Crippen MR) is 66.0 cm³/mol. The van der Waals surface area contributed by atoms with Crippen LogP contribution in [0, 0.1) is 5.82 Å². The zero-order valence-electron chi connectivity index (χ0n) is 10.00. The van der Waals surface area contributed by atoms with E-state index in [0.29, 0.717) is 18.2 Å². The first-order chi connectivity index (χ1) is 8.18. The summed E-state index contributed by atoms with van der Waals surface area (Å²) in [6.45, 7) is 4.82. The molecule has 17 heavy (non-hydrogen) atoms. The van der Waals surface area contributed by atoms with Crippen LogP contribution in [-0.4, -0.2) is 16.2 Å². The van der Waals surface area contributed by atoms with Crippen LogP contribution < -0.4 is 5.32 Å². The lowest BCUT2D eigenvalue weighted by molar-refractivity contribution is 0.589. The van der Waals surface area contributed by atoms with Gasteiger partial charge >= 0.3 is 0 Å². The number of hydrogen-bond acceptors (Lipinski definition) is 2. The third kappa shape index (κ3) is 2.71. The van der Waals surface area contributed by atoms with Crippen molar-refractivity contribution < 1.29 is 4.39 Å². The molecule has 0 aliphatic carbocycles. The third-order valence-electron chi connectivity index (χ3n) is 2.56. The van der Waals surface area contributed by atoms with Crippen LogP contribution in [0.4, 0.5) is 4.39 Å². The summed E-state index contributed by atoms with van der Waals surface area (Å²) in [7, 11) is 0. The highest BCUT2D eigenvalue weighted by Gasteiger charge is 2.11. The maximum Gasteiger partial charge on any atom is 0.132 e. The fraction of sp³-hybridized carbons (Fsp3) is 0.308. The molecule has 2 aromatic rings. The molecule has 90 valence electrons. The Morgan fingerprint density at radius 2 is 2.12 bits per heavy atom. The molecular weight excluding hydrogens is 217 g/mol. The molecule has 0 unspecified atom stereocenters. The summed E-state index contributed by atoms with van der Waals surface area (Å²) >= 11 is 0. The molecule has 1 aromatic carbocycles. The Bertz CT molecular complexity index is 491. The zero-order valence-corrected chi connectivity index (χ0v) is 10.00. The summed E-state index contributed by atoms with van der Waals surface area (Å²) in [4.78, 5) is 0. The van der Waals surface area contributed by atoms with Crippen LogP contribution in [0.3, 0.4) is 0 Å². The molecule has 4 heteroatoms. The number of hydrogen-bond donors (Lipinski definition) is 2. The van der Waals surface area contributed by atoms with Crippen molar-refractivity contribution in [2.75, 3.05) is 0 Å². The maximum atomic E-state index is 13.7. The van der Waals surface area contributed by atoms with Crippen molar-refractivity contribution in [2.45, 2.75) is 26.4 Å². The number of aromatic amines is 1. The molecule has 1 heterocycles. The highest BCUT2D eigenvalue weighted by molar-refractivity contribution is 5.63. The van der Waals surface area contributed by atoms with Gasteiger partial charge in [0.1, 0.15) is 5.82 Å². The predicted octanol–water partition coefficient (Wildman–Crippen LogP) is 2.71. The van der Waals surface area contributed by atoms with Gasteiger partial charge in [0.15, 0.2) is 0 Å². The van der Waals surface area contributed by atoms with Crippen molar-refractivity contribution in [2.24, 2.45) is 0 Å². The first-order valence-electron chi connectivity index (χ1n) is 5.69. The number of halogens is 1. The van der Waals surface area contributed by atoms with Crippen LogP contribution in [0.1, 0.15) is 19.4 Å². The third-order valence-corrected chi connectivity index (χ3v) is 2.56. The smallest absolute Gasteiger partial charge is 0.132 e. The first kappa shape index (κ1) is 11.8. The van der Waals surface area contributed by atoms with Gasteiger partial charge in [-0.2, -0.15) is 5.10 Å². The van der Waals surface area contributed by atoms with Gasteiger partial charge in [-0.3, -0.25) is 5.10 Å². The number of aromatic nitrogens is 2. The summed E-state index contributed by atoms with van der Waals surface area (Å²) in [5, 5.41) is 10.1. The summed E-state index contributed by atoms with van der Waals surface area (Å²) < 4.78 is 13.7. The molecule has 0 radical (unpaired) electrons. The second kappa shape index (κ2) is 5.10. The second-order valence-electron chi connectivity index (χ2n) is 4.29. The van der Waals surface area contributed by atoms with E-state index >= 15 is 0 Å². The van der Waals surface area contributed by atoms with E-state index in [1.54, 1.807) is 18.3 Å². The van der Waals surface area contributed by atoms with Crippen LogP contribution in [0.15, 0.2) is 30.5 Å². The Balaban J connectivity index is 2.28. The van der Waals surface area contributed by atoms with Crippen molar-refractivity contribution in [3.63, 3.8) is 0 Å². The lowest BCUT2D eigenvalue weighted by Crippen LogP contribution is -2.21. The van der Waals surface area contributed by atoms with E-state index in [4.69, 9.17) is 0 Å². The number of H-pyrrole nitrogens is 1. The van der Waals surface area contributed by atoms with Crippen molar-refractivity contribution >= 4 is 0 Å². The van der Waals surface area contributed by atoms with Gasteiger partial charge in [0, 0.05) is 23.7 Å². The van der Waals surface area contributed by atoms with Crippen LogP contribution in [-0.2, 0) is 6.54 Å². The lowest BCUT2D eigenvalue weighted by Gasteiger charge is -2.08. The highest BCUT2D eigenvalue weighted by Crippen LogP contribution is 2.23. The van der Waals surface area contributed by atoms with Gasteiger partial charge in [0.25, 0.3) is 0 Å². The van der Waals surface area contributed by atoms with E-state index in [2.05, 4.69) is 29.4 Å². The normalized spacial score (nSPS) is 11.1. The van der Waals surface area contributed by atoms with Gasteiger partial charge in [-0.05, 0) is 12.1 Å². The van der Waals surface area contributed by atoms with Crippen molar-refractivity contribution in [1.82, 2.24) is 15.5 Å². The molecule has 1 aromatic heterocycles. The monoisotopic (exact) mass is 233 g/mol. The minimum absolute atomic E-state index is 0.234. The van der Waals surface area contributed by atoms with Gasteiger partial charge in [-0.25, -0.2) is 4.39 Å². The van der Waals surface area contributed by atoms with Crippen LogP contribution in [0.2, 0.25) is 0 Å².